The van der Waals surface area contributed by atoms with Crippen LogP contribution in [-0.2, 0) is 20.9 Å². The van der Waals surface area contributed by atoms with Crippen LogP contribution in [0.25, 0.3) is 6.08 Å². The monoisotopic (exact) mass is 507 g/mol. The third-order valence-electron chi connectivity index (χ3n) is 4.28. The zero-order chi connectivity index (χ0) is 23.4. The van der Waals surface area contributed by atoms with Gasteiger partial charge in [-0.1, -0.05) is 15.9 Å². The van der Waals surface area contributed by atoms with Gasteiger partial charge in [-0.2, -0.15) is 0 Å². The molecular formula is C20H18BrN3O8. The highest BCUT2D eigenvalue weighted by molar-refractivity contribution is 9.10. The largest absolute Gasteiger partial charge is 0.493 e. The van der Waals surface area contributed by atoms with Crippen LogP contribution in [-0.4, -0.2) is 49.5 Å². The topological polar surface area (TPSA) is 150 Å². The molecule has 0 atom stereocenters. The van der Waals surface area contributed by atoms with Crippen molar-refractivity contribution in [3.63, 3.8) is 0 Å². The molecule has 1 aromatic heterocycles. The summed E-state index contributed by atoms with van der Waals surface area (Å²) in [6, 6.07) is 5.32. The minimum atomic E-state index is -0.670. The van der Waals surface area contributed by atoms with Gasteiger partial charge < -0.3 is 29.7 Å². The number of furan rings is 1. The smallest absolute Gasteiger partial charge is 0.373 e. The van der Waals surface area contributed by atoms with Crippen LogP contribution >= 0.6 is 15.9 Å². The van der Waals surface area contributed by atoms with Crippen LogP contribution in [0.1, 0.15) is 21.9 Å². The van der Waals surface area contributed by atoms with E-state index in [9.17, 15) is 19.2 Å². The molecule has 0 radical (unpaired) electrons. The normalized spacial score (nSPS) is 14.5. The number of benzene rings is 1. The van der Waals surface area contributed by atoms with Crippen molar-refractivity contribution in [2.24, 2.45) is 5.73 Å². The van der Waals surface area contributed by atoms with Crippen LogP contribution in [0.4, 0.5) is 4.79 Å². The van der Waals surface area contributed by atoms with E-state index in [-0.39, 0.29) is 36.1 Å². The summed E-state index contributed by atoms with van der Waals surface area (Å²) >= 11 is 3.36. The van der Waals surface area contributed by atoms with Gasteiger partial charge in [0.15, 0.2) is 18.1 Å². The van der Waals surface area contributed by atoms with Gasteiger partial charge in [0, 0.05) is 4.47 Å². The second-order valence-corrected chi connectivity index (χ2v) is 7.27. The predicted molar refractivity (Wildman–Crippen MR) is 112 cm³/mol. The number of amides is 4. The van der Waals surface area contributed by atoms with E-state index in [1.54, 1.807) is 12.1 Å². The molecule has 0 bridgehead atoms. The summed E-state index contributed by atoms with van der Waals surface area (Å²) in [6.07, 6.45) is 1.45. The average Bonchev–Trinajstić information content (AvgIpc) is 3.33. The fraction of sp³-hybridized carbons (Fsp3) is 0.200. The number of imide groups is 1. The lowest BCUT2D eigenvalue weighted by Crippen LogP contribution is -2.30. The first-order chi connectivity index (χ1) is 15.2. The lowest BCUT2D eigenvalue weighted by Gasteiger charge is -2.12. The van der Waals surface area contributed by atoms with Crippen LogP contribution < -0.4 is 20.5 Å². The summed E-state index contributed by atoms with van der Waals surface area (Å²) in [6.45, 7) is -0.513. The highest BCUT2D eigenvalue weighted by Gasteiger charge is 2.34. The maximum Gasteiger partial charge on any atom is 0.373 e. The van der Waals surface area contributed by atoms with E-state index in [1.165, 1.54) is 32.4 Å². The van der Waals surface area contributed by atoms with Crippen molar-refractivity contribution in [1.29, 1.82) is 0 Å². The molecule has 4 amide bonds. The van der Waals surface area contributed by atoms with Crippen molar-refractivity contribution in [1.82, 2.24) is 10.2 Å². The standard InChI is InChI=1S/C20H18BrN3O8/c1-29-15-6-10(12(21)7-16(15)31-9-17(22)25)5-13-18(26)24(20(28)23-13)8-11-3-4-14(32-11)19(27)30-2/h3-7H,8-9H2,1-2H3,(H2,22,25)(H,23,28)/b13-5-. The number of hydrogen-bond acceptors (Lipinski definition) is 8. The zero-order valence-corrected chi connectivity index (χ0v) is 18.6. The first-order valence-electron chi connectivity index (χ1n) is 9.03. The van der Waals surface area contributed by atoms with Gasteiger partial charge in [-0.05, 0) is 35.9 Å². The minimum Gasteiger partial charge on any atom is -0.493 e. The molecule has 1 saturated heterocycles. The number of ether oxygens (including phenoxy) is 3. The predicted octanol–water partition coefficient (Wildman–Crippen LogP) is 1.79. The number of urea groups is 1. The molecule has 1 aliphatic heterocycles. The van der Waals surface area contributed by atoms with Gasteiger partial charge in [-0.15, -0.1) is 0 Å². The average molecular weight is 508 g/mol. The number of halogens is 1. The fourth-order valence-electron chi connectivity index (χ4n) is 2.78. The quantitative estimate of drug-likeness (QED) is 0.311. The Morgan fingerprint density at radius 2 is 1.97 bits per heavy atom. The molecule has 1 fully saturated rings. The summed E-state index contributed by atoms with van der Waals surface area (Å²) in [5.74, 6) is -1.16. The number of nitrogens with zero attached hydrogens (tertiary/aromatic N) is 1. The first kappa shape index (κ1) is 22.9. The van der Waals surface area contributed by atoms with Crippen molar-refractivity contribution in [2.75, 3.05) is 20.8 Å². The molecular weight excluding hydrogens is 490 g/mol. The van der Waals surface area contributed by atoms with E-state index in [1.807, 2.05) is 0 Å². The summed E-state index contributed by atoms with van der Waals surface area (Å²) in [5, 5.41) is 2.49. The van der Waals surface area contributed by atoms with Gasteiger partial charge in [-0.3, -0.25) is 14.5 Å². The molecule has 2 heterocycles. The van der Waals surface area contributed by atoms with Crippen molar-refractivity contribution in [3.05, 3.63) is 51.5 Å². The first-order valence-corrected chi connectivity index (χ1v) is 9.83. The molecule has 11 nitrogen and oxygen atoms in total. The molecule has 12 heteroatoms. The molecule has 0 spiro atoms. The van der Waals surface area contributed by atoms with E-state index in [0.717, 1.165) is 4.90 Å². The number of carbonyl (C=O) groups excluding carboxylic acids is 4. The van der Waals surface area contributed by atoms with E-state index < -0.39 is 23.8 Å². The maximum atomic E-state index is 12.8. The van der Waals surface area contributed by atoms with Crippen molar-refractivity contribution < 1.29 is 37.8 Å². The van der Waals surface area contributed by atoms with Crippen molar-refractivity contribution >= 4 is 45.8 Å². The second kappa shape index (κ2) is 9.56. The molecule has 0 aliphatic carbocycles. The van der Waals surface area contributed by atoms with E-state index in [2.05, 4.69) is 26.0 Å². The molecule has 1 aromatic carbocycles. The zero-order valence-electron chi connectivity index (χ0n) is 17.0. The van der Waals surface area contributed by atoms with E-state index >= 15 is 0 Å². The second-order valence-electron chi connectivity index (χ2n) is 6.42. The number of hydrogen-bond donors (Lipinski definition) is 2. The van der Waals surface area contributed by atoms with Crippen LogP contribution in [0.3, 0.4) is 0 Å². The summed E-state index contributed by atoms with van der Waals surface area (Å²) in [4.78, 5) is 48.5. The van der Waals surface area contributed by atoms with Crippen molar-refractivity contribution in [2.45, 2.75) is 6.54 Å². The Morgan fingerprint density at radius 1 is 1.22 bits per heavy atom. The van der Waals surface area contributed by atoms with Crippen molar-refractivity contribution in [3.8, 4) is 11.5 Å². The van der Waals surface area contributed by atoms with Gasteiger partial charge in [0.05, 0.1) is 20.8 Å². The molecule has 168 valence electrons. The van der Waals surface area contributed by atoms with Gasteiger partial charge in [0.25, 0.3) is 11.8 Å². The highest BCUT2D eigenvalue weighted by Crippen LogP contribution is 2.35. The van der Waals surface area contributed by atoms with E-state index in [4.69, 9.17) is 19.6 Å². The molecule has 3 N–H and O–H groups in total. The Morgan fingerprint density at radius 3 is 2.62 bits per heavy atom. The maximum absolute atomic E-state index is 12.8. The molecule has 0 unspecified atom stereocenters. The molecule has 3 rings (SSSR count). The summed E-state index contributed by atoms with van der Waals surface area (Å²) < 4.78 is 21.0. The number of rotatable bonds is 8. The number of methoxy groups -OCH3 is 2. The molecule has 0 saturated carbocycles. The number of carbonyl (C=O) groups is 4. The SMILES string of the molecule is COC(=O)c1ccc(CN2C(=O)N/C(=C\c3cc(OC)c(OCC(N)=O)cc3Br)C2=O)o1. The van der Waals surface area contributed by atoms with Gasteiger partial charge in [-0.25, -0.2) is 9.59 Å². The number of nitrogens with one attached hydrogen (secondary N) is 1. The number of primary amides is 1. The minimum absolute atomic E-state index is 0.0169. The Bertz CT molecular complexity index is 1120. The van der Waals surface area contributed by atoms with Crippen LogP contribution in [0.2, 0.25) is 0 Å². The fourth-order valence-corrected chi connectivity index (χ4v) is 3.22. The molecule has 32 heavy (non-hydrogen) atoms. The third kappa shape index (κ3) is 4.91. The van der Waals surface area contributed by atoms with Crippen LogP contribution in [0, 0.1) is 0 Å². The lowest BCUT2D eigenvalue weighted by atomic mass is 10.1. The van der Waals surface area contributed by atoms with Gasteiger partial charge >= 0.3 is 12.0 Å². The molecule has 1 aliphatic rings. The Hall–Kier alpha value is -3.80. The van der Waals surface area contributed by atoms with Crippen LogP contribution in [0.5, 0.6) is 11.5 Å². The summed E-state index contributed by atoms with van der Waals surface area (Å²) in [7, 11) is 2.62. The lowest BCUT2D eigenvalue weighted by molar-refractivity contribution is -0.123. The Kier molecular flexibility index (Phi) is 6.83. The third-order valence-corrected chi connectivity index (χ3v) is 4.96. The Balaban J connectivity index is 1.81. The Labute approximate surface area is 190 Å². The van der Waals surface area contributed by atoms with Gasteiger partial charge in [0.1, 0.15) is 11.5 Å². The van der Waals surface area contributed by atoms with Crippen LogP contribution in [0.15, 0.2) is 38.9 Å². The highest BCUT2D eigenvalue weighted by atomic mass is 79.9. The number of esters is 1. The molecule has 2 aromatic rings. The summed E-state index contributed by atoms with van der Waals surface area (Å²) in [5.41, 5.74) is 5.61. The van der Waals surface area contributed by atoms with Gasteiger partial charge in [0.2, 0.25) is 5.76 Å². The number of nitrogens with two attached hydrogens (primary N) is 1. The van der Waals surface area contributed by atoms with E-state index in [0.29, 0.717) is 15.8 Å².